The number of imidazole rings is 1. The summed E-state index contributed by atoms with van der Waals surface area (Å²) >= 11 is 0. The summed E-state index contributed by atoms with van der Waals surface area (Å²) in [4.78, 5) is 28.6. The van der Waals surface area contributed by atoms with Gasteiger partial charge in [0.25, 0.3) is 5.91 Å². The van der Waals surface area contributed by atoms with E-state index in [1.54, 1.807) is 6.33 Å². The molecule has 0 aliphatic carbocycles. The number of rotatable bonds is 4. The zero-order valence-corrected chi connectivity index (χ0v) is 21.2. The van der Waals surface area contributed by atoms with Gasteiger partial charge in [-0.1, -0.05) is 42.5 Å². The maximum Gasteiger partial charge on any atom is 0.254 e. The molecule has 0 radical (unpaired) electrons. The highest BCUT2D eigenvalue weighted by Gasteiger charge is 2.25. The van der Waals surface area contributed by atoms with Gasteiger partial charge in [-0.15, -0.1) is 24.8 Å². The molecule has 0 fully saturated rings. The molecule has 0 atom stereocenters. The molecule has 6 nitrogen and oxygen atoms in total. The van der Waals surface area contributed by atoms with Gasteiger partial charge in [0.05, 0.1) is 18.6 Å². The Bertz CT molecular complexity index is 1450. The SMILES string of the molecule is Cl.Cl.O=C(c1cccc2[nH]ccc12)N1CCN(Cc2cnc[nH]2)c2ccc(-c3ccccc3)cc2C1. The van der Waals surface area contributed by atoms with Crippen LogP contribution >= 0.6 is 24.8 Å². The van der Waals surface area contributed by atoms with Crippen molar-refractivity contribution in [2.24, 2.45) is 0 Å². The van der Waals surface area contributed by atoms with Crippen LogP contribution in [0.5, 0.6) is 0 Å². The highest BCUT2D eigenvalue weighted by atomic mass is 35.5. The molecule has 0 unspecified atom stereocenters. The second-order valence-electron chi connectivity index (χ2n) is 8.68. The molecule has 2 N–H and O–H groups in total. The number of amides is 1. The van der Waals surface area contributed by atoms with Crippen LogP contribution in [0.4, 0.5) is 5.69 Å². The maximum atomic E-state index is 13.7. The van der Waals surface area contributed by atoms with Crippen LogP contribution in [0.1, 0.15) is 21.6 Å². The summed E-state index contributed by atoms with van der Waals surface area (Å²) < 4.78 is 0. The molecule has 1 amide bonds. The third kappa shape index (κ3) is 4.83. The molecule has 5 aromatic rings. The molecule has 6 rings (SSSR count). The van der Waals surface area contributed by atoms with Crippen molar-refractivity contribution in [3.05, 3.63) is 108 Å². The van der Waals surface area contributed by atoms with Gasteiger partial charge in [-0.25, -0.2) is 4.98 Å². The number of anilines is 1. The Morgan fingerprint density at radius 1 is 0.889 bits per heavy atom. The Morgan fingerprint density at radius 3 is 2.56 bits per heavy atom. The van der Waals surface area contributed by atoms with Crippen LogP contribution in [-0.4, -0.2) is 38.8 Å². The minimum absolute atomic E-state index is 0. The van der Waals surface area contributed by atoms with Crippen molar-refractivity contribution in [3.8, 4) is 11.1 Å². The molecular weight excluding hydrogens is 493 g/mol. The van der Waals surface area contributed by atoms with Crippen LogP contribution < -0.4 is 4.90 Å². The van der Waals surface area contributed by atoms with Crippen LogP contribution in [0.25, 0.3) is 22.0 Å². The largest absolute Gasteiger partial charge is 0.364 e. The van der Waals surface area contributed by atoms with Gasteiger partial charge in [0.1, 0.15) is 0 Å². The highest BCUT2D eigenvalue weighted by Crippen LogP contribution is 2.32. The number of nitrogens with one attached hydrogen (secondary N) is 2. The fraction of sp³-hybridized carbons (Fsp3) is 0.143. The van der Waals surface area contributed by atoms with E-state index >= 15 is 0 Å². The first-order valence-corrected chi connectivity index (χ1v) is 11.5. The predicted octanol–water partition coefficient (Wildman–Crippen LogP) is 6.06. The maximum absolute atomic E-state index is 13.7. The van der Waals surface area contributed by atoms with Gasteiger partial charge in [0, 0.05) is 54.2 Å². The highest BCUT2D eigenvalue weighted by molar-refractivity contribution is 6.06. The average Bonchev–Trinajstić information content (AvgIpc) is 3.54. The van der Waals surface area contributed by atoms with Crippen molar-refractivity contribution in [1.29, 1.82) is 0 Å². The molecule has 1 aliphatic rings. The number of H-pyrrole nitrogens is 2. The number of fused-ring (bicyclic) bond motifs is 2. The second kappa shape index (κ2) is 10.9. The number of hydrogen-bond acceptors (Lipinski definition) is 3. The van der Waals surface area contributed by atoms with Gasteiger partial charge >= 0.3 is 0 Å². The molecule has 3 aromatic carbocycles. The lowest BCUT2D eigenvalue weighted by Gasteiger charge is -2.24. The zero-order chi connectivity index (χ0) is 22.9. The van der Waals surface area contributed by atoms with E-state index in [1.165, 1.54) is 5.56 Å². The lowest BCUT2D eigenvalue weighted by atomic mass is 10.0. The van der Waals surface area contributed by atoms with Crippen LogP contribution in [0, 0.1) is 0 Å². The van der Waals surface area contributed by atoms with Crippen LogP contribution in [-0.2, 0) is 13.1 Å². The van der Waals surface area contributed by atoms with E-state index in [1.807, 2.05) is 47.6 Å². The van der Waals surface area contributed by atoms with Gasteiger partial charge < -0.3 is 19.8 Å². The summed E-state index contributed by atoms with van der Waals surface area (Å²) in [7, 11) is 0. The van der Waals surface area contributed by atoms with E-state index in [0.717, 1.165) is 45.5 Å². The fourth-order valence-electron chi connectivity index (χ4n) is 4.83. The van der Waals surface area contributed by atoms with Crippen molar-refractivity contribution in [2.45, 2.75) is 13.1 Å². The molecule has 1 aliphatic heterocycles. The summed E-state index contributed by atoms with van der Waals surface area (Å²) in [6.45, 7) is 2.66. The van der Waals surface area contributed by atoms with Gasteiger partial charge in [0.15, 0.2) is 0 Å². The Kier molecular flexibility index (Phi) is 7.67. The molecule has 0 bridgehead atoms. The molecule has 0 saturated carbocycles. The third-order valence-corrected chi connectivity index (χ3v) is 6.56. The molecular formula is C28H27Cl2N5O. The molecule has 36 heavy (non-hydrogen) atoms. The van der Waals surface area contributed by atoms with E-state index in [9.17, 15) is 4.79 Å². The van der Waals surface area contributed by atoms with E-state index in [0.29, 0.717) is 19.6 Å². The summed E-state index contributed by atoms with van der Waals surface area (Å²) in [5.74, 6) is 0.0599. The average molecular weight is 520 g/mol. The van der Waals surface area contributed by atoms with Crippen molar-refractivity contribution in [1.82, 2.24) is 19.9 Å². The number of halogens is 2. The van der Waals surface area contributed by atoms with Crippen molar-refractivity contribution in [2.75, 3.05) is 18.0 Å². The number of hydrogen-bond donors (Lipinski definition) is 2. The molecule has 3 heterocycles. The Hall–Kier alpha value is -3.74. The number of carbonyl (C=O) groups excluding carboxylic acids is 1. The van der Waals surface area contributed by atoms with E-state index < -0.39 is 0 Å². The molecule has 184 valence electrons. The number of nitrogens with zero attached hydrogens (tertiary/aromatic N) is 3. The lowest BCUT2D eigenvalue weighted by molar-refractivity contribution is 0.0753. The van der Waals surface area contributed by atoms with Crippen LogP contribution in [0.15, 0.2) is 91.5 Å². The minimum atomic E-state index is 0. The smallest absolute Gasteiger partial charge is 0.254 e. The summed E-state index contributed by atoms with van der Waals surface area (Å²) in [6, 6.07) is 24.8. The molecule has 8 heteroatoms. The Morgan fingerprint density at radius 2 is 1.75 bits per heavy atom. The first-order chi connectivity index (χ1) is 16.8. The first kappa shape index (κ1) is 25.4. The van der Waals surface area contributed by atoms with Crippen LogP contribution in [0.3, 0.4) is 0 Å². The Labute approximate surface area is 222 Å². The third-order valence-electron chi connectivity index (χ3n) is 6.56. The van der Waals surface area contributed by atoms with Crippen molar-refractivity contribution in [3.63, 3.8) is 0 Å². The molecule has 0 spiro atoms. The van der Waals surface area contributed by atoms with Crippen molar-refractivity contribution < 1.29 is 4.79 Å². The molecule has 0 saturated heterocycles. The van der Waals surface area contributed by atoms with Gasteiger partial charge in [-0.05, 0) is 47.0 Å². The number of benzene rings is 3. The number of aromatic nitrogens is 3. The van der Waals surface area contributed by atoms with Gasteiger partial charge in [-0.3, -0.25) is 4.79 Å². The minimum Gasteiger partial charge on any atom is -0.364 e. The topological polar surface area (TPSA) is 68.0 Å². The normalized spacial score (nSPS) is 12.9. The lowest BCUT2D eigenvalue weighted by Crippen LogP contribution is -2.35. The first-order valence-electron chi connectivity index (χ1n) is 11.5. The van der Waals surface area contributed by atoms with E-state index in [-0.39, 0.29) is 30.7 Å². The quantitative estimate of drug-likeness (QED) is 0.303. The second-order valence-corrected chi connectivity index (χ2v) is 8.68. The van der Waals surface area contributed by atoms with Gasteiger partial charge in [0.2, 0.25) is 0 Å². The predicted molar refractivity (Wildman–Crippen MR) is 149 cm³/mol. The van der Waals surface area contributed by atoms with E-state index in [2.05, 4.69) is 62.3 Å². The fourth-order valence-corrected chi connectivity index (χ4v) is 4.83. The summed E-state index contributed by atoms with van der Waals surface area (Å²) in [5.41, 5.74) is 7.40. The standard InChI is InChI=1S/C28H25N5O.2ClH/c34-28(25-7-4-8-26-24(25)11-12-30-26)33-14-13-32(18-23-16-29-19-31-23)27-10-9-21(15-22(27)17-33)20-5-2-1-3-6-20;;/h1-12,15-16,19,30H,13-14,17-18H2,(H,29,31);2*1H. The monoisotopic (exact) mass is 519 g/mol. The Balaban J connectivity index is 0.00000152. The number of aromatic amines is 2. The summed E-state index contributed by atoms with van der Waals surface area (Å²) in [5, 5.41) is 0.962. The van der Waals surface area contributed by atoms with Gasteiger partial charge in [-0.2, -0.15) is 0 Å². The molecule has 2 aromatic heterocycles. The zero-order valence-electron chi connectivity index (χ0n) is 19.6. The van der Waals surface area contributed by atoms with E-state index in [4.69, 9.17) is 0 Å². The van der Waals surface area contributed by atoms with Crippen molar-refractivity contribution >= 4 is 47.3 Å². The summed E-state index contributed by atoms with van der Waals surface area (Å²) in [6.07, 6.45) is 5.45. The number of carbonyl (C=O) groups is 1. The van der Waals surface area contributed by atoms with Crippen LogP contribution in [0.2, 0.25) is 0 Å².